The number of carbonyl (C=O) groups excluding carboxylic acids is 2. The molecule has 0 aromatic heterocycles. The summed E-state index contributed by atoms with van der Waals surface area (Å²) in [7, 11) is 1.43. The monoisotopic (exact) mass is 383 g/mol. The van der Waals surface area contributed by atoms with Crippen LogP contribution in [0.2, 0.25) is 0 Å². The van der Waals surface area contributed by atoms with Crippen molar-refractivity contribution < 1.29 is 14.3 Å². The molecule has 0 bridgehead atoms. The third kappa shape index (κ3) is 4.89. The van der Waals surface area contributed by atoms with Crippen molar-refractivity contribution in [3.8, 4) is 0 Å². The summed E-state index contributed by atoms with van der Waals surface area (Å²) in [5.74, 6) is 0.441. The minimum absolute atomic E-state index is 0.150. The van der Waals surface area contributed by atoms with E-state index in [1.54, 1.807) is 11.8 Å². The van der Waals surface area contributed by atoms with E-state index in [2.05, 4.69) is 20.5 Å². The van der Waals surface area contributed by atoms with Crippen LogP contribution < -0.4 is 10.6 Å². The molecule has 2 fully saturated rings. The minimum Gasteiger partial charge on any atom is -0.469 e. The first-order chi connectivity index (χ1) is 12.7. The van der Waals surface area contributed by atoms with E-state index < -0.39 is 0 Å². The number of thioether (sulfide) groups is 1. The van der Waals surface area contributed by atoms with Crippen LogP contribution in [-0.2, 0) is 14.3 Å². The quantitative estimate of drug-likeness (QED) is 0.507. The highest BCUT2D eigenvalue weighted by Gasteiger charge is 2.39. The first-order valence-electron chi connectivity index (χ1n) is 9.45. The SMILES string of the molecule is COC(=O)CCN1CCC(N2N=C(NC=O)SC2C2CCNCC2)CC1. The van der Waals surface area contributed by atoms with E-state index in [1.807, 2.05) is 0 Å². The van der Waals surface area contributed by atoms with Gasteiger partial charge in [0.25, 0.3) is 0 Å². The van der Waals surface area contributed by atoms with Crippen molar-refractivity contribution in [2.24, 2.45) is 11.0 Å². The lowest BCUT2D eigenvalue weighted by Gasteiger charge is -2.40. The highest BCUT2D eigenvalue weighted by molar-refractivity contribution is 8.14. The van der Waals surface area contributed by atoms with E-state index in [0.29, 0.717) is 30.2 Å². The Hall–Kier alpha value is -1.32. The van der Waals surface area contributed by atoms with Gasteiger partial charge in [0.05, 0.1) is 19.6 Å². The second kappa shape index (κ2) is 9.57. The Morgan fingerprint density at radius 3 is 2.73 bits per heavy atom. The maximum Gasteiger partial charge on any atom is 0.306 e. The second-order valence-electron chi connectivity index (χ2n) is 7.04. The summed E-state index contributed by atoms with van der Waals surface area (Å²) in [4.78, 5) is 24.5. The molecule has 8 nitrogen and oxygen atoms in total. The first-order valence-corrected chi connectivity index (χ1v) is 10.3. The Morgan fingerprint density at radius 2 is 2.08 bits per heavy atom. The Labute approximate surface area is 159 Å². The summed E-state index contributed by atoms with van der Waals surface area (Å²) in [6.07, 6.45) is 5.52. The van der Waals surface area contributed by atoms with Gasteiger partial charge in [0.1, 0.15) is 5.37 Å². The van der Waals surface area contributed by atoms with Crippen LogP contribution in [0.5, 0.6) is 0 Å². The molecule has 0 aromatic carbocycles. The predicted molar refractivity (Wildman–Crippen MR) is 102 cm³/mol. The van der Waals surface area contributed by atoms with Crippen molar-refractivity contribution in [2.45, 2.75) is 43.5 Å². The smallest absolute Gasteiger partial charge is 0.306 e. The fourth-order valence-corrected chi connectivity index (χ4v) is 5.24. The third-order valence-electron chi connectivity index (χ3n) is 5.46. The molecule has 0 saturated carbocycles. The van der Waals surface area contributed by atoms with Gasteiger partial charge in [-0.1, -0.05) is 11.8 Å². The number of rotatable bonds is 6. The number of nitrogens with one attached hydrogen (secondary N) is 2. The van der Waals surface area contributed by atoms with E-state index in [1.165, 1.54) is 7.11 Å². The number of amidine groups is 1. The summed E-state index contributed by atoms with van der Waals surface area (Å²) in [6.45, 7) is 4.80. The van der Waals surface area contributed by atoms with Crippen LogP contribution in [0.15, 0.2) is 5.10 Å². The van der Waals surface area contributed by atoms with E-state index >= 15 is 0 Å². The maximum absolute atomic E-state index is 11.3. The summed E-state index contributed by atoms with van der Waals surface area (Å²) in [6, 6.07) is 0.391. The molecule has 1 unspecified atom stereocenters. The lowest BCUT2D eigenvalue weighted by molar-refractivity contribution is -0.141. The van der Waals surface area contributed by atoms with Crippen LogP contribution in [-0.4, -0.2) is 78.7 Å². The molecule has 26 heavy (non-hydrogen) atoms. The highest BCUT2D eigenvalue weighted by Crippen LogP contribution is 2.38. The summed E-state index contributed by atoms with van der Waals surface area (Å²) < 4.78 is 4.72. The molecule has 2 N–H and O–H groups in total. The number of amides is 1. The summed E-state index contributed by atoms with van der Waals surface area (Å²) >= 11 is 1.69. The summed E-state index contributed by atoms with van der Waals surface area (Å²) in [5.41, 5.74) is 0. The number of piperidine rings is 2. The number of hydrazone groups is 1. The van der Waals surface area contributed by atoms with Gasteiger partial charge in [-0.25, -0.2) is 0 Å². The Kier molecular flexibility index (Phi) is 7.15. The van der Waals surface area contributed by atoms with Crippen LogP contribution in [0.4, 0.5) is 0 Å². The fraction of sp³-hybridized carbons (Fsp3) is 0.824. The molecule has 1 amide bonds. The minimum atomic E-state index is -0.150. The number of carbonyl (C=O) groups is 2. The lowest BCUT2D eigenvalue weighted by Crippen LogP contribution is -2.48. The van der Waals surface area contributed by atoms with Crippen LogP contribution in [0.25, 0.3) is 0 Å². The Morgan fingerprint density at radius 1 is 1.35 bits per heavy atom. The van der Waals surface area contributed by atoms with Gasteiger partial charge in [-0.15, -0.1) is 0 Å². The molecule has 3 rings (SSSR count). The fourth-order valence-electron chi connectivity index (χ4n) is 3.96. The second-order valence-corrected chi connectivity index (χ2v) is 8.15. The van der Waals surface area contributed by atoms with E-state index in [-0.39, 0.29) is 5.97 Å². The summed E-state index contributed by atoms with van der Waals surface area (Å²) in [5, 5.41) is 14.2. The van der Waals surface area contributed by atoms with Crippen LogP contribution in [0, 0.1) is 5.92 Å². The number of hydrogen-bond donors (Lipinski definition) is 2. The van der Waals surface area contributed by atoms with Crippen LogP contribution in [0.3, 0.4) is 0 Å². The van der Waals surface area contributed by atoms with Crippen molar-refractivity contribution in [3.05, 3.63) is 0 Å². The van der Waals surface area contributed by atoms with Gasteiger partial charge in [-0.3, -0.25) is 14.6 Å². The average Bonchev–Trinajstić information content (AvgIpc) is 3.11. The third-order valence-corrected chi connectivity index (χ3v) is 6.73. The molecule has 0 aromatic rings. The topological polar surface area (TPSA) is 86.3 Å². The van der Waals surface area contributed by atoms with Gasteiger partial charge in [-0.2, -0.15) is 5.10 Å². The molecule has 9 heteroatoms. The van der Waals surface area contributed by atoms with Crippen molar-refractivity contribution in [1.29, 1.82) is 0 Å². The Bertz CT molecular complexity index is 519. The number of nitrogens with zero attached hydrogens (tertiary/aromatic N) is 3. The van der Waals surface area contributed by atoms with Gasteiger partial charge in [0, 0.05) is 19.6 Å². The van der Waals surface area contributed by atoms with Gasteiger partial charge in [0.15, 0.2) is 5.17 Å². The molecule has 3 aliphatic rings. The van der Waals surface area contributed by atoms with Crippen molar-refractivity contribution in [1.82, 2.24) is 20.5 Å². The molecule has 0 aliphatic carbocycles. The lowest BCUT2D eigenvalue weighted by atomic mass is 9.95. The maximum atomic E-state index is 11.3. The number of esters is 1. The molecule has 2 saturated heterocycles. The van der Waals surface area contributed by atoms with Gasteiger partial charge >= 0.3 is 5.97 Å². The molecule has 3 heterocycles. The Balaban J connectivity index is 1.56. The zero-order chi connectivity index (χ0) is 18.4. The molecular weight excluding hydrogens is 354 g/mol. The van der Waals surface area contributed by atoms with Gasteiger partial charge < -0.3 is 20.3 Å². The number of ether oxygens (including phenoxy) is 1. The normalized spacial score (nSPS) is 25.8. The molecular formula is C17H29N5O3S. The van der Waals surface area contributed by atoms with E-state index in [9.17, 15) is 9.59 Å². The molecule has 1 atom stereocenters. The largest absolute Gasteiger partial charge is 0.469 e. The van der Waals surface area contributed by atoms with E-state index in [0.717, 1.165) is 63.6 Å². The van der Waals surface area contributed by atoms with Gasteiger partial charge in [0.2, 0.25) is 6.41 Å². The zero-order valence-corrected chi connectivity index (χ0v) is 16.2. The van der Waals surface area contributed by atoms with Crippen molar-refractivity contribution in [3.63, 3.8) is 0 Å². The number of likely N-dealkylation sites (tertiary alicyclic amines) is 1. The molecule has 0 radical (unpaired) electrons. The average molecular weight is 384 g/mol. The van der Waals surface area contributed by atoms with Gasteiger partial charge in [-0.05, 0) is 44.7 Å². The van der Waals surface area contributed by atoms with E-state index in [4.69, 9.17) is 9.84 Å². The van der Waals surface area contributed by atoms with Crippen molar-refractivity contribution >= 4 is 29.3 Å². The zero-order valence-electron chi connectivity index (χ0n) is 15.4. The highest BCUT2D eigenvalue weighted by atomic mass is 32.2. The molecule has 3 aliphatic heterocycles. The first kappa shape index (κ1) is 19.4. The van der Waals surface area contributed by atoms with Crippen molar-refractivity contribution in [2.75, 3.05) is 39.8 Å². The molecule has 146 valence electrons. The number of hydrogen-bond acceptors (Lipinski definition) is 8. The molecule has 0 spiro atoms. The standard InChI is InChI=1S/C17H29N5O3S/c1-25-15(24)6-11-21-9-4-14(5-10-21)22-16(13-2-7-18-8-3-13)26-17(20-22)19-12-23/h12-14,16,18H,2-11H2,1H3,(H,19,20,23). The van der Waals surface area contributed by atoms with Crippen LogP contribution in [0.1, 0.15) is 32.1 Å². The number of methoxy groups -OCH3 is 1. The van der Waals surface area contributed by atoms with Crippen LogP contribution >= 0.6 is 11.8 Å². The predicted octanol–water partition coefficient (Wildman–Crippen LogP) is 0.405.